The lowest BCUT2D eigenvalue weighted by Gasteiger charge is -2.18. The molecule has 0 saturated heterocycles. The lowest BCUT2D eigenvalue weighted by Crippen LogP contribution is -2.30. The molecular formula is C27H24N4O3. The van der Waals surface area contributed by atoms with Crippen molar-refractivity contribution in [1.82, 2.24) is 20.4 Å². The Kier molecular flexibility index (Phi) is 6.36. The average molecular weight is 453 g/mol. The van der Waals surface area contributed by atoms with Crippen LogP contribution in [0.15, 0.2) is 89.5 Å². The number of aryl methyl sites for hydroxylation is 1. The highest BCUT2D eigenvalue weighted by atomic mass is 16.5. The lowest BCUT2D eigenvalue weighted by atomic mass is 10.0. The van der Waals surface area contributed by atoms with Crippen LogP contribution < -0.4 is 5.32 Å². The zero-order chi connectivity index (χ0) is 22.8. The molecule has 34 heavy (non-hydrogen) atoms. The summed E-state index contributed by atoms with van der Waals surface area (Å²) in [5.41, 5.74) is 2.56. The van der Waals surface area contributed by atoms with Gasteiger partial charge in [-0.15, -0.1) is 0 Å². The molecule has 2 N–H and O–H groups in total. The van der Waals surface area contributed by atoms with Gasteiger partial charge in [-0.05, 0) is 18.6 Å². The van der Waals surface area contributed by atoms with Crippen LogP contribution in [0.25, 0.3) is 22.2 Å². The summed E-state index contributed by atoms with van der Waals surface area (Å²) in [5, 5.41) is 18.6. The third kappa shape index (κ3) is 4.23. The summed E-state index contributed by atoms with van der Waals surface area (Å²) in [4.78, 5) is 22.6. The number of hydrogen-bond acceptors (Lipinski definition) is 6. The Morgan fingerprint density at radius 3 is 2.24 bits per heavy atom. The van der Waals surface area contributed by atoms with Gasteiger partial charge in [-0.1, -0.05) is 91.4 Å². The van der Waals surface area contributed by atoms with Crippen molar-refractivity contribution in [3.63, 3.8) is 0 Å². The predicted octanol–water partition coefficient (Wildman–Crippen LogP) is 5.45. The number of aromatic hydroxyl groups is 1. The zero-order valence-electron chi connectivity index (χ0n) is 17.8. The van der Waals surface area contributed by atoms with Crippen LogP contribution in [0.3, 0.4) is 0 Å². The monoisotopic (exact) mass is 452 g/mol. The van der Waals surface area contributed by atoms with Gasteiger partial charge in [0.2, 0.25) is 0 Å². The van der Waals surface area contributed by atoms with Crippen molar-refractivity contribution in [2.75, 3.05) is 0 Å². The topological polar surface area (TPSA) is 101 Å². The Bertz CT molecular complexity index is 1430. The van der Waals surface area contributed by atoms with Crippen LogP contribution in [0.4, 0.5) is 0 Å². The van der Waals surface area contributed by atoms with E-state index in [4.69, 9.17) is 4.52 Å². The minimum Gasteiger partial charge on any atom is -0.505 e. The molecule has 5 rings (SSSR count). The molecule has 0 radical (unpaired) electrons. The summed E-state index contributed by atoms with van der Waals surface area (Å²) < 4.78 is 5.38. The van der Waals surface area contributed by atoms with Crippen LogP contribution >= 0.6 is 0 Å². The maximum absolute atomic E-state index is 13.6. The van der Waals surface area contributed by atoms with Gasteiger partial charge in [-0.2, -0.15) is 4.98 Å². The molecule has 0 fully saturated rings. The smallest absolute Gasteiger partial charge is 0.256 e. The molecule has 0 aliphatic carbocycles. The predicted molar refractivity (Wildman–Crippen MR) is 130 cm³/mol. The molecule has 7 heteroatoms. The minimum atomic E-state index is -0.689. The number of benzene rings is 3. The number of nitrogens with zero attached hydrogens (tertiary/aromatic N) is 3. The van der Waals surface area contributed by atoms with E-state index in [1.165, 1.54) is 0 Å². The third-order valence-electron chi connectivity index (χ3n) is 5.34. The number of nitrogens with one attached hydrogen (secondary N) is 1. The normalized spacial score (nSPS) is 11.6. The number of carbonyl (C=O) groups is 1. The fourth-order valence-corrected chi connectivity index (χ4v) is 3.80. The van der Waals surface area contributed by atoms with Gasteiger partial charge in [0.1, 0.15) is 11.7 Å². The zero-order valence-corrected chi connectivity index (χ0v) is 17.8. The van der Waals surface area contributed by atoms with E-state index in [0.717, 1.165) is 5.56 Å². The molecule has 5 aromatic rings. The first-order valence-corrected chi connectivity index (χ1v) is 10.4. The van der Waals surface area contributed by atoms with Gasteiger partial charge in [0, 0.05) is 10.9 Å². The van der Waals surface area contributed by atoms with Crippen LogP contribution in [0.1, 0.15) is 41.1 Å². The van der Waals surface area contributed by atoms with Crippen LogP contribution in [-0.2, 0) is 0 Å². The maximum atomic E-state index is 13.6. The summed E-state index contributed by atoms with van der Waals surface area (Å²) in [6.45, 7) is 1.71. The summed E-state index contributed by atoms with van der Waals surface area (Å²) in [6, 6.07) is 25.2. The Balaban J connectivity index is 0.00000274. The molecule has 2 aromatic heterocycles. The fourth-order valence-electron chi connectivity index (χ4n) is 3.80. The lowest BCUT2D eigenvalue weighted by molar-refractivity contribution is 0.0935. The first kappa shape index (κ1) is 22.7. The number of pyridine rings is 1. The van der Waals surface area contributed by atoms with E-state index in [-0.39, 0.29) is 24.6 Å². The third-order valence-corrected chi connectivity index (χ3v) is 5.34. The number of amides is 1. The number of hydrogen-bond donors (Lipinski definition) is 2. The summed E-state index contributed by atoms with van der Waals surface area (Å²) >= 11 is 0. The van der Waals surface area contributed by atoms with Crippen molar-refractivity contribution < 1.29 is 14.4 Å². The largest absolute Gasteiger partial charge is 0.505 e. The molecule has 1 unspecified atom stereocenters. The van der Waals surface area contributed by atoms with E-state index < -0.39 is 11.9 Å². The van der Waals surface area contributed by atoms with Crippen molar-refractivity contribution in [3.8, 4) is 17.0 Å². The molecule has 7 nitrogen and oxygen atoms in total. The second kappa shape index (κ2) is 9.54. The van der Waals surface area contributed by atoms with Gasteiger partial charge in [0.25, 0.3) is 11.8 Å². The van der Waals surface area contributed by atoms with Crippen molar-refractivity contribution in [2.24, 2.45) is 0 Å². The van der Waals surface area contributed by atoms with Gasteiger partial charge >= 0.3 is 0 Å². The Labute approximate surface area is 197 Å². The highest BCUT2D eigenvalue weighted by Crippen LogP contribution is 2.36. The Hall–Kier alpha value is -4.52. The molecule has 0 aliphatic heterocycles. The van der Waals surface area contributed by atoms with Gasteiger partial charge in [0.05, 0.1) is 11.1 Å². The number of para-hydroxylation sites is 1. The molecular weight excluding hydrogens is 428 g/mol. The average Bonchev–Trinajstić information content (AvgIpc) is 3.29. The van der Waals surface area contributed by atoms with Crippen LogP contribution in [0.5, 0.6) is 5.75 Å². The standard InChI is InChI=1S/C26H20N4O3.CH4/c1-16-27-26(33-30-16)23(18-12-6-3-7-13-18)29-25(32)21-19-14-8-9-15-20(19)28-22(24(21)31)17-10-4-2-5-11-17;/h2-15,23,31H,1H3,(H,29,32);1H4. The molecule has 1 amide bonds. The van der Waals surface area contributed by atoms with Crippen molar-refractivity contribution in [2.45, 2.75) is 20.4 Å². The highest BCUT2D eigenvalue weighted by Gasteiger charge is 2.27. The summed E-state index contributed by atoms with van der Waals surface area (Å²) in [6.07, 6.45) is 0. The second-order valence-electron chi connectivity index (χ2n) is 7.56. The summed E-state index contributed by atoms with van der Waals surface area (Å²) in [7, 11) is 0. The number of carbonyl (C=O) groups excluding carboxylic acids is 1. The fraction of sp³-hybridized carbons (Fsp3) is 0.111. The van der Waals surface area contributed by atoms with Crippen molar-refractivity contribution in [1.29, 1.82) is 0 Å². The maximum Gasteiger partial charge on any atom is 0.256 e. The molecule has 0 saturated carbocycles. The Morgan fingerprint density at radius 1 is 0.912 bits per heavy atom. The minimum absolute atomic E-state index is 0. The van der Waals surface area contributed by atoms with Crippen LogP contribution in [-0.4, -0.2) is 26.1 Å². The first-order valence-electron chi connectivity index (χ1n) is 10.4. The van der Waals surface area contributed by atoms with Crippen LogP contribution in [0, 0.1) is 6.92 Å². The van der Waals surface area contributed by atoms with Crippen molar-refractivity contribution in [3.05, 3.63) is 108 Å². The molecule has 1 atom stereocenters. The van der Waals surface area contributed by atoms with Crippen molar-refractivity contribution >= 4 is 16.8 Å². The van der Waals surface area contributed by atoms with Gasteiger partial charge in [-0.3, -0.25) is 4.79 Å². The van der Waals surface area contributed by atoms with Gasteiger partial charge in [-0.25, -0.2) is 4.98 Å². The van der Waals surface area contributed by atoms with Crippen LogP contribution in [0.2, 0.25) is 0 Å². The van der Waals surface area contributed by atoms with E-state index in [1.54, 1.807) is 19.1 Å². The van der Waals surface area contributed by atoms with E-state index in [9.17, 15) is 9.90 Å². The van der Waals surface area contributed by atoms with Gasteiger partial charge in [0.15, 0.2) is 11.6 Å². The molecule has 0 bridgehead atoms. The van der Waals surface area contributed by atoms with E-state index in [2.05, 4.69) is 20.4 Å². The quantitative estimate of drug-likeness (QED) is 0.367. The molecule has 3 aromatic carbocycles. The SMILES string of the molecule is C.Cc1noc(C(NC(=O)c2c(O)c(-c3ccccc3)nc3ccccc23)c2ccccc2)n1. The first-order chi connectivity index (χ1) is 16.1. The van der Waals surface area contributed by atoms with E-state index in [0.29, 0.717) is 28.0 Å². The number of fused-ring (bicyclic) bond motifs is 1. The second-order valence-corrected chi connectivity index (χ2v) is 7.56. The Morgan fingerprint density at radius 2 is 1.56 bits per heavy atom. The summed E-state index contributed by atoms with van der Waals surface area (Å²) in [5.74, 6) is 0.0517. The molecule has 0 spiro atoms. The van der Waals surface area contributed by atoms with Gasteiger partial charge < -0.3 is 14.9 Å². The molecule has 0 aliphatic rings. The highest BCUT2D eigenvalue weighted by molar-refractivity contribution is 6.10. The number of rotatable bonds is 5. The molecule has 2 heterocycles. The number of aromatic nitrogens is 3. The van der Waals surface area contributed by atoms with E-state index >= 15 is 0 Å². The molecule has 170 valence electrons. The van der Waals surface area contributed by atoms with E-state index in [1.807, 2.05) is 72.8 Å².